The van der Waals surface area contributed by atoms with Gasteiger partial charge in [-0.15, -0.1) is 24.0 Å². The van der Waals surface area contributed by atoms with Crippen molar-refractivity contribution in [1.82, 2.24) is 15.5 Å². The second-order valence-corrected chi connectivity index (χ2v) is 7.53. The third-order valence-electron chi connectivity index (χ3n) is 4.14. The lowest BCUT2D eigenvalue weighted by Crippen LogP contribution is -2.48. The number of likely N-dealkylation sites (N-methyl/N-ethyl adjacent to an activating group) is 1. The average Bonchev–Trinajstić information content (AvgIpc) is 2.58. The van der Waals surface area contributed by atoms with Gasteiger partial charge in [-0.2, -0.15) is 11.8 Å². The smallest absolute Gasteiger partial charge is 0.243 e. The highest BCUT2D eigenvalue weighted by molar-refractivity contribution is 14.0. The average molecular weight is 470 g/mol. The summed E-state index contributed by atoms with van der Waals surface area (Å²) in [5.41, 5.74) is 0. The zero-order valence-corrected chi connectivity index (χ0v) is 17.9. The lowest BCUT2D eigenvalue weighted by atomic mass is 10.1. The molecule has 1 amide bonds. The van der Waals surface area contributed by atoms with Gasteiger partial charge >= 0.3 is 0 Å². The molecule has 0 aromatic carbocycles. The molecule has 24 heavy (non-hydrogen) atoms. The summed E-state index contributed by atoms with van der Waals surface area (Å²) in [5, 5.41) is 6.85. The van der Waals surface area contributed by atoms with Crippen molar-refractivity contribution in [3.63, 3.8) is 0 Å². The van der Waals surface area contributed by atoms with E-state index in [1.54, 1.807) is 19.0 Å². The summed E-state index contributed by atoms with van der Waals surface area (Å²) in [6.45, 7) is 1.78. The Morgan fingerprint density at radius 2 is 2.12 bits per heavy atom. The summed E-state index contributed by atoms with van der Waals surface area (Å²) >= 11 is 1.98. The molecule has 2 saturated heterocycles. The van der Waals surface area contributed by atoms with E-state index in [0.29, 0.717) is 6.04 Å². The number of hydrogen-bond acceptors (Lipinski definition) is 4. The number of nitrogens with zero attached hydrogens (tertiary/aromatic N) is 2. The van der Waals surface area contributed by atoms with Crippen molar-refractivity contribution in [2.75, 3.05) is 45.3 Å². The number of aliphatic imine (C=N–C) groups is 1. The van der Waals surface area contributed by atoms with Crippen LogP contribution in [0.3, 0.4) is 0 Å². The Morgan fingerprint density at radius 1 is 1.29 bits per heavy atom. The number of ether oxygens (including phenoxy) is 1. The second kappa shape index (κ2) is 12.2. The molecule has 0 bridgehead atoms. The molecule has 0 aromatic heterocycles. The normalized spacial score (nSPS) is 24.7. The Labute approximate surface area is 166 Å². The van der Waals surface area contributed by atoms with Gasteiger partial charge in [0.15, 0.2) is 5.96 Å². The van der Waals surface area contributed by atoms with Crippen molar-refractivity contribution in [1.29, 1.82) is 0 Å². The molecule has 2 rings (SSSR count). The van der Waals surface area contributed by atoms with Gasteiger partial charge in [0.2, 0.25) is 5.91 Å². The minimum absolute atomic E-state index is 0. The molecule has 6 nitrogen and oxygen atoms in total. The maximum absolute atomic E-state index is 11.8. The molecule has 0 spiro atoms. The van der Waals surface area contributed by atoms with Crippen LogP contribution in [-0.4, -0.2) is 74.2 Å². The number of rotatable bonds is 5. The third-order valence-corrected chi connectivity index (χ3v) is 5.36. The first-order valence-corrected chi connectivity index (χ1v) is 9.75. The van der Waals surface area contributed by atoms with Gasteiger partial charge in [-0.3, -0.25) is 4.79 Å². The van der Waals surface area contributed by atoms with Crippen LogP contribution in [0.25, 0.3) is 0 Å². The quantitative estimate of drug-likeness (QED) is 0.364. The summed E-state index contributed by atoms with van der Waals surface area (Å²) in [4.78, 5) is 17.8. The van der Waals surface area contributed by atoms with Crippen LogP contribution >= 0.6 is 35.7 Å². The van der Waals surface area contributed by atoms with Crippen LogP contribution in [0.15, 0.2) is 4.99 Å². The third kappa shape index (κ3) is 8.24. The van der Waals surface area contributed by atoms with E-state index in [0.717, 1.165) is 44.1 Å². The van der Waals surface area contributed by atoms with Crippen LogP contribution in [0.1, 0.15) is 32.1 Å². The van der Waals surface area contributed by atoms with Crippen molar-refractivity contribution < 1.29 is 9.53 Å². The highest BCUT2D eigenvalue weighted by Gasteiger charge is 2.18. The molecule has 2 aliphatic rings. The zero-order valence-electron chi connectivity index (χ0n) is 14.8. The fourth-order valence-electron chi connectivity index (χ4n) is 2.67. The molecule has 2 aliphatic heterocycles. The molecule has 0 aliphatic carbocycles. The largest absolute Gasteiger partial charge is 0.376 e. The molecule has 140 valence electrons. The Hall–Kier alpha value is -0.220. The zero-order chi connectivity index (χ0) is 16.5. The monoisotopic (exact) mass is 470 g/mol. The first-order chi connectivity index (χ1) is 11.1. The summed E-state index contributed by atoms with van der Waals surface area (Å²) in [6, 6.07) is 0.432. The van der Waals surface area contributed by atoms with Gasteiger partial charge in [-0.05, 0) is 37.9 Å². The Bertz CT molecular complexity index is 398. The maximum Gasteiger partial charge on any atom is 0.243 e. The van der Waals surface area contributed by atoms with E-state index < -0.39 is 0 Å². The number of halogens is 1. The number of nitrogens with one attached hydrogen (secondary N) is 2. The van der Waals surface area contributed by atoms with E-state index in [4.69, 9.17) is 4.74 Å². The van der Waals surface area contributed by atoms with Crippen LogP contribution in [0.4, 0.5) is 0 Å². The molecule has 0 saturated carbocycles. The Morgan fingerprint density at radius 3 is 2.75 bits per heavy atom. The van der Waals surface area contributed by atoms with E-state index in [1.165, 1.54) is 18.6 Å². The Kier molecular flexibility index (Phi) is 11.1. The molecule has 2 unspecified atom stereocenters. The van der Waals surface area contributed by atoms with Gasteiger partial charge in [0.25, 0.3) is 0 Å². The molecular formula is C16H31IN4O2S. The van der Waals surface area contributed by atoms with Crippen molar-refractivity contribution in [2.45, 2.75) is 44.2 Å². The topological polar surface area (TPSA) is 66.0 Å². The van der Waals surface area contributed by atoms with Gasteiger partial charge in [0.05, 0.1) is 6.10 Å². The minimum atomic E-state index is 0. The van der Waals surface area contributed by atoms with Gasteiger partial charge in [-0.25, -0.2) is 4.99 Å². The van der Waals surface area contributed by atoms with Crippen molar-refractivity contribution in [2.24, 2.45) is 4.99 Å². The number of carbonyl (C=O) groups is 1. The summed E-state index contributed by atoms with van der Waals surface area (Å²) in [7, 11) is 3.51. The number of thioether (sulfide) groups is 1. The number of carbonyl (C=O) groups excluding carboxylic acids is 1. The summed E-state index contributed by atoms with van der Waals surface area (Å²) < 4.78 is 5.76. The van der Waals surface area contributed by atoms with Crippen LogP contribution < -0.4 is 10.6 Å². The van der Waals surface area contributed by atoms with E-state index in [9.17, 15) is 4.79 Å². The molecule has 8 heteroatoms. The fraction of sp³-hybridized carbons (Fsp3) is 0.875. The molecule has 2 fully saturated rings. The number of hydrogen-bond donors (Lipinski definition) is 2. The SMILES string of the molecule is CN(C)C(=O)CN=C(NCC1CCCCO1)NC1CCCSC1.I. The van der Waals surface area contributed by atoms with Gasteiger partial charge in [-0.1, -0.05) is 0 Å². The van der Waals surface area contributed by atoms with Crippen LogP contribution in [0.5, 0.6) is 0 Å². The van der Waals surface area contributed by atoms with E-state index in [2.05, 4.69) is 15.6 Å². The first kappa shape index (κ1) is 21.8. The van der Waals surface area contributed by atoms with E-state index >= 15 is 0 Å². The lowest BCUT2D eigenvalue weighted by molar-refractivity contribution is -0.127. The minimum Gasteiger partial charge on any atom is -0.376 e. The molecule has 0 radical (unpaired) electrons. The van der Waals surface area contributed by atoms with Crippen LogP contribution in [-0.2, 0) is 9.53 Å². The van der Waals surface area contributed by atoms with Gasteiger partial charge in [0, 0.05) is 39.0 Å². The number of amides is 1. The highest BCUT2D eigenvalue weighted by Crippen LogP contribution is 2.17. The van der Waals surface area contributed by atoms with Gasteiger partial charge < -0.3 is 20.3 Å². The first-order valence-electron chi connectivity index (χ1n) is 8.59. The second-order valence-electron chi connectivity index (χ2n) is 6.38. The standard InChI is InChI=1S/C16H30N4O2S.HI/c1-20(2)15(21)11-18-16(19-13-6-5-9-23-12-13)17-10-14-7-3-4-8-22-14;/h13-14H,3-12H2,1-2H3,(H2,17,18,19);1H. The lowest BCUT2D eigenvalue weighted by Gasteiger charge is -2.27. The summed E-state index contributed by atoms with van der Waals surface area (Å²) in [6.07, 6.45) is 6.13. The maximum atomic E-state index is 11.8. The van der Waals surface area contributed by atoms with Crippen molar-refractivity contribution >= 4 is 47.6 Å². The molecule has 2 heterocycles. The predicted octanol–water partition coefficient (Wildman–Crippen LogP) is 1.69. The van der Waals surface area contributed by atoms with E-state index in [1.807, 2.05) is 11.8 Å². The number of guanidine groups is 1. The molecule has 2 atom stereocenters. The van der Waals surface area contributed by atoms with Crippen molar-refractivity contribution in [3.05, 3.63) is 0 Å². The highest BCUT2D eigenvalue weighted by atomic mass is 127. The van der Waals surface area contributed by atoms with Crippen LogP contribution in [0, 0.1) is 0 Å². The fourth-order valence-corrected chi connectivity index (χ4v) is 3.74. The van der Waals surface area contributed by atoms with Crippen molar-refractivity contribution in [3.8, 4) is 0 Å². The Balaban J connectivity index is 0.00000288. The predicted molar refractivity (Wildman–Crippen MR) is 111 cm³/mol. The van der Waals surface area contributed by atoms with Crippen LogP contribution in [0.2, 0.25) is 0 Å². The van der Waals surface area contributed by atoms with E-state index in [-0.39, 0.29) is 42.5 Å². The molecule has 2 N–H and O–H groups in total. The molecular weight excluding hydrogens is 439 g/mol. The summed E-state index contributed by atoms with van der Waals surface area (Å²) in [5.74, 6) is 3.09. The van der Waals surface area contributed by atoms with Gasteiger partial charge in [0.1, 0.15) is 6.54 Å². The molecule has 0 aromatic rings.